The second kappa shape index (κ2) is 9.02. The van der Waals surface area contributed by atoms with Crippen molar-refractivity contribution in [1.29, 1.82) is 0 Å². The molecule has 0 spiro atoms. The first-order valence-corrected chi connectivity index (χ1v) is 9.48. The number of alkyl halides is 3. The number of H-pyrrole nitrogens is 1. The summed E-state index contributed by atoms with van der Waals surface area (Å²) in [6.07, 6.45) is 2.20. The zero-order valence-corrected chi connectivity index (χ0v) is 16.7. The molecule has 3 heterocycles. The lowest BCUT2D eigenvalue weighted by atomic mass is 10.0. The van der Waals surface area contributed by atoms with E-state index in [2.05, 4.69) is 35.8 Å². The Balaban J connectivity index is 1.42. The molecule has 0 saturated carbocycles. The molecule has 1 aromatic carbocycles. The molecule has 0 aliphatic carbocycles. The van der Waals surface area contributed by atoms with E-state index < -0.39 is 23.5 Å². The molecule has 8 nitrogen and oxygen atoms in total. The molecule has 4 aromatic rings. The van der Waals surface area contributed by atoms with Gasteiger partial charge in [0.05, 0.1) is 23.9 Å². The molecule has 0 fully saturated rings. The number of hydrogen-bond donors (Lipinski definition) is 3. The Morgan fingerprint density at radius 3 is 2.48 bits per heavy atom. The number of rotatable bonds is 6. The Kier molecular flexibility index (Phi) is 5.98. The highest BCUT2D eigenvalue weighted by molar-refractivity contribution is 5.91. The molecular weight excluding hydrogens is 442 g/mol. The van der Waals surface area contributed by atoms with Crippen molar-refractivity contribution in [3.8, 4) is 11.1 Å². The maximum Gasteiger partial charge on any atom is 0.416 e. The highest BCUT2D eigenvalue weighted by Gasteiger charge is 2.30. The van der Waals surface area contributed by atoms with Gasteiger partial charge in [0.1, 0.15) is 11.6 Å². The number of nitrogens with one attached hydrogen (secondary N) is 3. The van der Waals surface area contributed by atoms with Gasteiger partial charge in [0.2, 0.25) is 11.9 Å². The van der Waals surface area contributed by atoms with Gasteiger partial charge in [-0.25, -0.2) is 19.3 Å². The Morgan fingerprint density at radius 1 is 1.03 bits per heavy atom. The summed E-state index contributed by atoms with van der Waals surface area (Å²) in [6.45, 7) is 0. The summed E-state index contributed by atoms with van der Waals surface area (Å²) in [5.41, 5.74) is 0.719. The van der Waals surface area contributed by atoms with Crippen LogP contribution in [0.4, 0.5) is 35.0 Å². The van der Waals surface area contributed by atoms with Crippen LogP contribution in [0.25, 0.3) is 11.1 Å². The van der Waals surface area contributed by atoms with Crippen LogP contribution < -0.4 is 10.6 Å². The predicted octanol–water partition coefficient (Wildman–Crippen LogP) is 4.34. The summed E-state index contributed by atoms with van der Waals surface area (Å²) in [5, 5.41) is 11.6. The van der Waals surface area contributed by atoms with Gasteiger partial charge in [0.15, 0.2) is 0 Å². The van der Waals surface area contributed by atoms with Crippen molar-refractivity contribution < 1.29 is 22.4 Å². The summed E-state index contributed by atoms with van der Waals surface area (Å²) in [6, 6.07) is 5.71. The van der Waals surface area contributed by atoms with Gasteiger partial charge in [0.25, 0.3) is 0 Å². The average molecular weight is 457 g/mol. The molecule has 0 aliphatic rings. The Labute approximate surface area is 184 Å². The summed E-state index contributed by atoms with van der Waals surface area (Å²) >= 11 is 0. The van der Waals surface area contributed by atoms with E-state index >= 15 is 0 Å². The van der Waals surface area contributed by atoms with Crippen LogP contribution in [0.5, 0.6) is 0 Å². The zero-order valence-electron chi connectivity index (χ0n) is 16.7. The Hall–Kier alpha value is -4.35. The highest BCUT2D eigenvalue weighted by Crippen LogP contribution is 2.30. The third-order valence-electron chi connectivity index (χ3n) is 4.47. The SMILES string of the molecule is O=C(Cc1ccc(-c2cnc(Nc3cn[nH]c3)nc2)c(F)c1)Nc1cc(C(F)(F)F)ccn1. The topological polar surface area (TPSA) is 108 Å². The molecule has 168 valence electrons. The van der Waals surface area contributed by atoms with Crippen LogP contribution >= 0.6 is 0 Å². The van der Waals surface area contributed by atoms with E-state index in [9.17, 15) is 22.4 Å². The number of aromatic amines is 1. The summed E-state index contributed by atoms with van der Waals surface area (Å²) in [5.74, 6) is -1.17. The van der Waals surface area contributed by atoms with Gasteiger partial charge in [-0.05, 0) is 23.8 Å². The zero-order chi connectivity index (χ0) is 23.4. The lowest BCUT2D eigenvalue weighted by Crippen LogP contribution is -2.16. The minimum atomic E-state index is -4.56. The number of benzene rings is 1. The number of carbonyl (C=O) groups excluding carboxylic acids is 1. The van der Waals surface area contributed by atoms with Gasteiger partial charge in [-0.3, -0.25) is 9.89 Å². The van der Waals surface area contributed by atoms with E-state index in [4.69, 9.17) is 0 Å². The molecular formula is C21H15F4N7O. The number of hydrogen-bond acceptors (Lipinski definition) is 6. The number of carbonyl (C=O) groups is 1. The Morgan fingerprint density at radius 2 is 1.82 bits per heavy atom. The fourth-order valence-electron chi connectivity index (χ4n) is 2.93. The van der Waals surface area contributed by atoms with Crippen molar-refractivity contribution in [2.75, 3.05) is 10.6 Å². The van der Waals surface area contributed by atoms with Crippen molar-refractivity contribution >= 4 is 23.4 Å². The normalized spacial score (nSPS) is 11.3. The van der Waals surface area contributed by atoms with Gasteiger partial charge in [-0.1, -0.05) is 12.1 Å². The van der Waals surface area contributed by atoms with Crippen molar-refractivity contribution in [1.82, 2.24) is 25.1 Å². The third kappa shape index (κ3) is 5.47. The number of pyridine rings is 1. The molecule has 33 heavy (non-hydrogen) atoms. The maximum absolute atomic E-state index is 14.7. The van der Waals surface area contributed by atoms with Gasteiger partial charge >= 0.3 is 6.18 Å². The number of aromatic nitrogens is 5. The van der Waals surface area contributed by atoms with Crippen LogP contribution in [0.3, 0.4) is 0 Å². The minimum absolute atomic E-state index is 0.230. The summed E-state index contributed by atoms with van der Waals surface area (Å²) in [4.78, 5) is 24.2. The first-order valence-electron chi connectivity index (χ1n) is 9.48. The predicted molar refractivity (Wildman–Crippen MR) is 111 cm³/mol. The lowest BCUT2D eigenvalue weighted by Gasteiger charge is -2.10. The van der Waals surface area contributed by atoms with E-state index in [1.54, 1.807) is 12.4 Å². The van der Waals surface area contributed by atoms with Gasteiger partial charge in [0, 0.05) is 35.9 Å². The molecule has 0 atom stereocenters. The smallest absolute Gasteiger partial charge is 0.321 e. The first-order chi connectivity index (χ1) is 15.8. The quantitative estimate of drug-likeness (QED) is 0.372. The van der Waals surface area contributed by atoms with E-state index in [0.717, 1.165) is 18.3 Å². The monoisotopic (exact) mass is 457 g/mol. The highest BCUT2D eigenvalue weighted by atomic mass is 19.4. The van der Waals surface area contributed by atoms with Crippen molar-refractivity contribution in [2.24, 2.45) is 0 Å². The molecule has 0 radical (unpaired) electrons. The standard InChI is InChI=1S/C21H15F4N7O/c22-17-5-12(6-19(33)32-18-7-14(3-4-26-18)21(23,24)25)1-2-16(17)13-8-27-20(28-9-13)31-15-10-29-30-11-15/h1-5,7-11H,6H2,(H,29,30)(H,26,32,33)(H,27,28,31). The van der Waals surface area contributed by atoms with E-state index in [0.29, 0.717) is 22.8 Å². The molecule has 1 amide bonds. The van der Waals surface area contributed by atoms with Crippen molar-refractivity contribution in [2.45, 2.75) is 12.6 Å². The van der Waals surface area contributed by atoms with Gasteiger partial charge in [-0.15, -0.1) is 0 Å². The van der Waals surface area contributed by atoms with Crippen LogP contribution in [0.15, 0.2) is 61.3 Å². The maximum atomic E-state index is 14.7. The van der Waals surface area contributed by atoms with E-state index in [1.165, 1.54) is 30.6 Å². The van der Waals surface area contributed by atoms with Gasteiger partial charge in [-0.2, -0.15) is 18.3 Å². The average Bonchev–Trinajstić information content (AvgIpc) is 3.27. The summed E-state index contributed by atoms with van der Waals surface area (Å²) in [7, 11) is 0. The number of anilines is 3. The third-order valence-corrected chi connectivity index (χ3v) is 4.47. The molecule has 0 aliphatic heterocycles. The van der Waals surface area contributed by atoms with Crippen LogP contribution in [0.1, 0.15) is 11.1 Å². The second-order valence-electron chi connectivity index (χ2n) is 6.87. The Bertz CT molecular complexity index is 1260. The fraction of sp³-hybridized carbons (Fsp3) is 0.0952. The van der Waals surface area contributed by atoms with Crippen LogP contribution in [0.2, 0.25) is 0 Å². The van der Waals surface area contributed by atoms with Crippen LogP contribution in [0, 0.1) is 5.82 Å². The van der Waals surface area contributed by atoms with Crippen LogP contribution in [-0.2, 0) is 17.4 Å². The number of amides is 1. The molecule has 4 rings (SSSR count). The second-order valence-corrected chi connectivity index (χ2v) is 6.87. The molecule has 12 heteroatoms. The molecule has 0 bridgehead atoms. The van der Waals surface area contributed by atoms with Gasteiger partial charge < -0.3 is 10.6 Å². The van der Waals surface area contributed by atoms with Crippen LogP contribution in [-0.4, -0.2) is 31.1 Å². The first kappa shape index (κ1) is 21.9. The minimum Gasteiger partial charge on any atom is -0.321 e. The summed E-state index contributed by atoms with van der Waals surface area (Å²) < 4.78 is 53.0. The molecule has 3 N–H and O–H groups in total. The largest absolute Gasteiger partial charge is 0.416 e. The molecule has 0 saturated heterocycles. The molecule has 0 unspecified atom stereocenters. The fourth-order valence-corrected chi connectivity index (χ4v) is 2.93. The van der Waals surface area contributed by atoms with Crippen molar-refractivity contribution in [3.63, 3.8) is 0 Å². The molecule has 3 aromatic heterocycles. The van der Waals surface area contributed by atoms with E-state index in [-0.39, 0.29) is 17.8 Å². The van der Waals surface area contributed by atoms with E-state index in [1.807, 2.05) is 0 Å². The number of halogens is 4. The lowest BCUT2D eigenvalue weighted by molar-refractivity contribution is -0.137. The number of nitrogens with zero attached hydrogens (tertiary/aromatic N) is 4. The van der Waals surface area contributed by atoms with Crippen molar-refractivity contribution in [3.05, 3.63) is 78.3 Å².